The van der Waals surface area contributed by atoms with E-state index in [0.29, 0.717) is 24.4 Å². The van der Waals surface area contributed by atoms with E-state index in [9.17, 15) is 19.6 Å². The maximum Gasteiger partial charge on any atom is 0.316 e. The number of aromatic nitrogens is 1. The van der Waals surface area contributed by atoms with Crippen LogP contribution < -0.4 is 10.6 Å². The van der Waals surface area contributed by atoms with E-state index in [1.807, 2.05) is 0 Å². The van der Waals surface area contributed by atoms with Gasteiger partial charge in [-0.3, -0.25) is 14.4 Å². The van der Waals surface area contributed by atoms with Crippen molar-refractivity contribution in [2.24, 2.45) is 0 Å². The van der Waals surface area contributed by atoms with Crippen molar-refractivity contribution in [1.82, 2.24) is 10.5 Å². The minimum absolute atomic E-state index is 0.0325. The molecule has 1 aliphatic carbocycles. The fourth-order valence-electron chi connectivity index (χ4n) is 2.74. The van der Waals surface area contributed by atoms with Crippen molar-refractivity contribution in [2.75, 3.05) is 23.4 Å². The molecule has 2 rings (SSSR count). The Balaban J connectivity index is 1.62. The maximum absolute atomic E-state index is 11.9. The molecule has 2 amide bonds. The van der Waals surface area contributed by atoms with Crippen LogP contribution in [0.2, 0.25) is 0 Å². The molecule has 146 valence electrons. The summed E-state index contributed by atoms with van der Waals surface area (Å²) in [4.78, 5) is 35.3. The van der Waals surface area contributed by atoms with Gasteiger partial charge in [-0.05, 0) is 19.8 Å². The van der Waals surface area contributed by atoms with Crippen LogP contribution >= 0.6 is 11.8 Å². The van der Waals surface area contributed by atoms with Crippen LogP contribution in [0.1, 0.15) is 37.9 Å². The first-order valence-corrected chi connectivity index (χ1v) is 9.77. The largest absolute Gasteiger partial charge is 0.455 e. The van der Waals surface area contributed by atoms with Crippen molar-refractivity contribution in [2.45, 2.75) is 44.6 Å². The molecule has 0 spiro atoms. The van der Waals surface area contributed by atoms with Crippen molar-refractivity contribution < 1.29 is 23.6 Å². The van der Waals surface area contributed by atoms with E-state index in [0.717, 1.165) is 31.0 Å². The van der Waals surface area contributed by atoms with Gasteiger partial charge in [0.15, 0.2) is 12.4 Å². The minimum Gasteiger partial charge on any atom is -0.455 e. The number of nitriles is 1. The molecule has 1 fully saturated rings. The predicted molar refractivity (Wildman–Crippen MR) is 97.7 cm³/mol. The van der Waals surface area contributed by atoms with Gasteiger partial charge in [-0.1, -0.05) is 24.4 Å². The average Bonchev–Trinajstić information content (AvgIpc) is 3.05. The summed E-state index contributed by atoms with van der Waals surface area (Å²) in [6, 6.07) is 3.75. The van der Waals surface area contributed by atoms with Gasteiger partial charge in [-0.2, -0.15) is 5.26 Å². The number of nitrogens with one attached hydrogen (secondary N) is 2. The average molecular weight is 394 g/mol. The van der Waals surface area contributed by atoms with Crippen LogP contribution in [0.25, 0.3) is 0 Å². The van der Waals surface area contributed by atoms with Gasteiger partial charge < -0.3 is 19.9 Å². The van der Waals surface area contributed by atoms with Crippen LogP contribution in [-0.2, 0) is 19.1 Å². The normalized spacial score (nSPS) is 15.4. The monoisotopic (exact) mass is 394 g/mol. The fraction of sp³-hybridized carbons (Fsp3) is 0.588. The van der Waals surface area contributed by atoms with Gasteiger partial charge in [-0.15, -0.1) is 11.8 Å². The highest BCUT2D eigenvalue weighted by Crippen LogP contribution is 2.27. The quantitative estimate of drug-likeness (QED) is 0.634. The Morgan fingerprint density at radius 1 is 1.30 bits per heavy atom. The molecular weight excluding hydrogens is 372 g/mol. The maximum atomic E-state index is 11.9. The Bertz CT molecular complexity index is 721. The van der Waals surface area contributed by atoms with Crippen LogP contribution in [0.15, 0.2) is 10.6 Å². The van der Waals surface area contributed by atoms with Crippen molar-refractivity contribution in [3.63, 3.8) is 0 Å². The molecule has 1 aromatic rings. The van der Waals surface area contributed by atoms with E-state index < -0.39 is 24.0 Å². The van der Waals surface area contributed by atoms with Gasteiger partial charge in [0.1, 0.15) is 11.3 Å². The number of thioether (sulfide) groups is 1. The summed E-state index contributed by atoms with van der Waals surface area (Å²) >= 11 is 1.06. The Labute approximate surface area is 161 Å². The zero-order valence-corrected chi connectivity index (χ0v) is 15.9. The van der Waals surface area contributed by atoms with Gasteiger partial charge in [0.05, 0.1) is 17.6 Å². The van der Waals surface area contributed by atoms with E-state index in [2.05, 4.69) is 21.9 Å². The van der Waals surface area contributed by atoms with Gasteiger partial charge in [0, 0.05) is 6.07 Å². The van der Waals surface area contributed by atoms with E-state index in [1.54, 1.807) is 13.0 Å². The van der Waals surface area contributed by atoms with Crippen molar-refractivity contribution in [1.29, 1.82) is 5.26 Å². The van der Waals surface area contributed by atoms with Crippen LogP contribution in [0.5, 0.6) is 0 Å². The second-order valence-corrected chi connectivity index (χ2v) is 7.31. The molecule has 1 heterocycles. The molecule has 0 bridgehead atoms. The number of ether oxygens (including phenoxy) is 1. The third kappa shape index (κ3) is 6.94. The number of hydrogen-bond donors (Lipinski definition) is 2. The first kappa shape index (κ1) is 20.8. The highest BCUT2D eigenvalue weighted by Gasteiger charge is 2.33. The summed E-state index contributed by atoms with van der Waals surface area (Å²) in [6.45, 7) is 1.27. The zero-order valence-electron chi connectivity index (χ0n) is 15.1. The fourth-order valence-corrected chi connectivity index (χ4v) is 3.35. The summed E-state index contributed by atoms with van der Waals surface area (Å²) in [6.07, 6.45) is 4.05. The minimum atomic E-state index is -0.853. The molecule has 1 aromatic heterocycles. The number of aryl methyl sites for hydroxylation is 1. The first-order chi connectivity index (χ1) is 12.9. The summed E-state index contributed by atoms with van der Waals surface area (Å²) in [5, 5.41) is 18.2. The number of amides is 2. The molecule has 0 saturated heterocycles. The van der Waals surface area contributed by atoms with Crippen LogP contribution in [0.4, 0.5) is 5.82 Å². The molecule has 10 heteroatoms. The van der Waals surface area contributed by atoms with E-state index in [4.69, 9.17) is 9.26 Å². The van der Waals surface area contributed by atoms with Crippen molar-refractivity contribution in [3.05, 3.63) is 11.8 Å². The van der Waals surface area contributed by atoms with E-state index in [-0.39, 0.29) is 17.4 Å². The number of carbonyl (C=O) groups excluding carboxylic acids is 3. The number of nitrogens with zero attached hydrogens (tertiary/aromatic N) is 2. The predicted octanol–water partition coefficient (Wildman–Crippen LogP) is 1.54. The van der Waals surface area contributed by atoms with Gasteiger partial charge >= 0.3 is 5.97 Å². The molecule has 9 nitrogen and oxygen atoms in total. The molecule has 0 radical (unpaired) electrons. The van der Waals surface area contributed by atoms with Crippen LogP contribution in [0, 0.1) is 18.3 Å². The first-order valence-electron chi connectivity index (χ1n) is 8.61. The topological polar surface area (TPSA) is 134 Å². The van der Waals surface area contributed by atoms with Crippen LogP contribution in [-0.4, -0.2) is 46.6 Å². The smallest absolute Gasteiger partial charge is 0.316 e. The van der Waals surface area contributed by atoms with Crippen molar-refractivity contribution >= 4 is 35.4 Å². The Hall–Kier alpha value is -2.54. The van der Waals surface area contributed by atoms with Gasteiger partial charge in [0.25, 0.3) is 5.91 Å². The summed E-state index contributed by atoms with van der Waals surface area (Å²) < 4.78 is 9.73. The molecule has 0 aliphatic heterocycles. The van der Waals surface area contributed by atoms with Crippen LogP contribution in [0.3, 0.4) is 0 Å². The molecule has 1 aliphatic rings. The SMILES string of the molecule is Cc1cc(NC(=O)CSCC(=O)OCC(=O)NC2(C#N)CCCCC2)no1. The Morgan fingerprint density at radius 3 is 2.67 bits per heavy atom. The Kier molecular flexibility index (Phi) is 7.67. The lowest BCUT2D eigenvalue weighted by Crippen LogP contribution is -2.50. The highest BCUT2D eigenvalue weighted by molar-refractivity contribution is 8.00. The van der Waals surface area contributed by atoms with E-state index in [1.165, 1.54) is 0 Å². The third-order valence-corrected chi connectivity index (χ3v) is 4.92. The molecule has 0 atom stereocenters. The summed E-state index contributed by atoms with van der Waals surface area (Å²) in [5.74, 6) is -0.567. The Morgan fingerprint density at radius 2 is 2.04 bits per heavy atom. The lowest BCUT2D eigenvalue weighted by Gasteiger charge is -2.31. The standard InChI is InChI=1S/C17H22N4O5S/c1-12-7-13(21-26-12)19-15(23)9-27-10-16(24)25-8-14(22)20-17(11-18)5-3-2-4-6-17/h7H,2-6,8-10H2,1H3,(H,20,22)(H,19,21,23). The number of rotatable bonds is 8. The number of anilines is 1. The second kappa shape index (κ2) is 9.97. The zero-order chi connectivity index (χ0) is 19.7. The molecule has 0 aromatic carbocycles. The molecule has 27 heavy (non-hydrogen) atoms. The number of hydrogen-bond acceptors (Lipinski definition) is 8. The number of esters is 1. The molecule has 2 N–H and O–H groups in total. The third-order valence-electron chi connectivity index (χ3n) is 4.01. The lowest BCUT2D eigenvalue weighted by atomic mass is 9.83. The second-order valence-electron chi connectivity index (χ2n) is 6.33. The lowest BCUT2D eigenvalue weighted by molar-refractivity contribution is -0.146. The molecule has 1 saturated carbocycles. The number of carbonyl (C=O) groups is 3. The van der Waals surface area contributed by atoms with Gasteiger partial charge in [-0.25, -0.2) is 0 Å². The van der Waals surface area contributed by atoms with Gasteiger partial charge in [0.2, 0.25) is 5.91 Å². The summed E-state index contributed by atoms with van der Waals surface area (Å²) in [5.41, 5.74) is -0.853. The van der Waals surface area contributed by atoms with E-state index >= 15 is 0 Å². The highest BCUT2D eigenvalue weighted by atomic mass is 32.2. The molecular formula is C17H22N4O5S. The summed E-state index contributed by atoms with van der Waals surface area (Å²) in [7, 11) is 0. The molecule has 0 unspecified atom stereocenters. The van der Waals surface area contributed by atoms with Crippen molar-refractivity contribution in [3.8, 4) is 6.07 Å².